The predicted octanol–water partition coefficient (Wildman–Crippen LogP) is 5.10. The summed E-state index contributed by atoms with van der Waals surface area (Å²) in [5, 5.41) is 0.530. The van der Waals surface area contributed by atoms with Crippen LogP contribution in [0.25, 0.3) is 0 Å². The molecule has 0 bridgehead atoms. The molecule has 2 rings (SSSR count). The third-order valence-corrected chi connectivity index (χ3v) is 6.14. The van der Waals surface area contributed by atoms with Gasteiger partial charge in [-0.25, -0.2) is 4.79 Å². The van der Waals surface area contributed by atoms with E-state index in [1.54, 1.807) is 54.5 Å². The number of hydrogen-bond acceptors (Lipinski definition) is 5. The minimum Gasteiger partial charge on any atom is -0.461 e. The van der Waals surface area contributed by atoms with Gasteiger partial charge in [-0.15, -0.1) is 0 Å². The first-order valence-corrected chi connectivity index (χ1v) is 12.1. The lowest BCUT2D eigenvalue weighted by atomic mass is 9.99. The van der Waals surface area contributed by atoms with Gasteiger partial charge in [0.1, 0.15) is 5.69 Å². The minimum atomic E-state index is -0.745. The van der Waals surface area contributed by atoms with Crippen molar-refractivity contribution in [2.24, 2.45) is 0 Å². The molecule has 1 aromatic heterocycles. The molecule has 1 atom stereocenters. The molecule has 7 nitrogen and oxygen atoms in total. The summed E-state index contributed by atoms with van der Waals surface area (Å²) in [6, 6.07) is 5.87. The van der Waals surface area contributed by atoms with Crippen molar-refractivity contribution in [2.45, 2.75) is 60.5 Å². The van der Waals surface area contributed by atoms with Crippen LogP contribution in [0.15, 0.2) is 24.3 Å². The Morgan fingerprint density at radius 2 is 1.71 bits per heavy atom. The van der Waals surface area contributed by atoms with Crippen molar-refractivity contribution in [2.75, 3.05) is 26.4 Å². The van der Waals surface area contributed by atoms with E-state index in [9.17, 15) is 14.4 Å². The average molecular weight is 491 g/mol. The molecule has 2 aromatic rings. The highest BCUT2D eigenvalue weighted by Gasteiger charge is 2.33. The topological polar surface area (TPSA) is 77.8 Å². The van der Waals surface area contributed by atoms with Crippen LogP contribution < -0.4 is 0 Å². The third kappa shape index (κ3) is 6.07. The molecule has 34 heavy (non-hydrogen) atoms. The zero-order valence-electron chi connectivity index (χ0n) is 20.9. The van der Waals surface area contributed by atoms with E-state index in [1.807, 2.05) is 20.8 Å². The van der Waals surface area contributed by atoms with E-state index in [-0.39, 0.29) is 18.3 Å². The average Bonchev–Trinajstić information content (AvgIpc) is 3.07. The first-order valence-electron chi connectivity index (χ1n) is 11.7. The minimum absolute atomic E-state index is 0.216. The van der Waals surface area contributed by atoms with E-state index in [0.717, 1.165) is 0 Å². The number of benzene rings is 1. The van der Waals surface area contributed by atoms with Crippen molar-refractivity contribution < 1.29 is 23.9 Å². The van der Waals surface area contributed by atoms with Gasteiger partial charge in [0.25, 0.3) is 5.91 Å². The van der Waals surface area contributed by atoms with Crippen LogP contribution in [0.1, 0.15) is 76.6 Å². The molecule has 0 aliphatic rings. The van der Waals surface area contributed by atoms with Gasteiger partial charge in [-0.2, -0.15) is 0 Å². The molecule has 1 aromatic carbocycles. The number of aromatic nitrogens is 1. The Hall–Kier alpha value is -2.64. The number of Topliss-reactive ketones (excluding diaryl/α,β-unsaturated/α-hetero) is 1. The predicted molar refractivity (Wildman–Crippen MR) is 133 cm³/mol. The van der Waals surface area contributed by atoms with Gasteiger partial charge in [0, 0.05) is 48.1 Å². The van der Waals surface area contributed by atoms with Gasteiger partial charge in [0.2, 0.25) is 0 Å². The highest BCUT2D eigenvalue weighted by Crippen LogP contribution is 2.26. The number of nitrogens with zero attached hydrogens (tertiary/aromatic N) is 2. The first-order chi connectivity index (χ1) is 16.2. The molecule has 1 amide bonds. The SMILES string of the molecule is CCOCCCN(C(=O)c1ccc(Cl)cc1)C(C)C(=O)c1c(C)c(C(=O)OCC)n(CC)c1C. The molecule has 0 N–H and O–H groups in total. The summed E-state index contributed by atoms with van der Waals surface area (Å²) < 4.78 is 12.5. The summed E-state index contributed by atoms with van der Waals surface area (Å²) in [4.78, 5) is 41.3. The van der Waals surface area contributed by atoms with Crippen LogP contribution in [0.3, 0.4) is 0 Å². The van der Waals surface area contributed by atoms with Crippen molar-refractivity contribution >= 4 is 29.3 Å². The first kappa shape index (κ1) is 27.6. The number of carbonyl (C=O) groups excluding carboxylic acids is 3. The maximum Gasteiger partial charge on any atom is 0.355 e. The van der Waals surface area contributed by atoms with Gasteiger partial charge in [-0.3, -0.25) is 9.59 Å². The fourth-order valence-electron chi connectivity index (χ4n) is 4.18. The summed E-state index contributed by atoms with van der Waals surface area (Å²) in [6.45, 7) is 13.1. The van der Waals surface area contributed by atoms with Crippen molar-refractivity contribution in [3.8, 4) is 0 Å². The van der Waals surface area contributed by atoms with E-state index in [1.165, 1.54) is 0 Å². The van der Waals surface area contributed by atoms with Gasteiger partial charge in [-0.1, -0.05) is 11.6 Å². The van der Waals surface area contributed by atoms with Crippen LogP contribution in [0.5, 0.6) is 0 Å². The standard InChI is InChI=1S/C26H35ClN2O5/c1-7-28-18(5)22(17(4)23(28)26(32)34-9-3)24(30)19(6)29(15-10-16-33-8-2)25(31)20-11-13-21(27)14-12-20/h11-14,19H,7-10,15-16H2,1-6H3. The number of ether oxygens (including phenoxy) is 2. The molecule has 186 valence electrons. The molecule has 1 unspecified atom stereocenters. The van der Waals surface area contributed by atoms with E-state index in [2.05, 4.69) is 0 Å². The van der Waals surface area contributed by atoms with Gasteiger partial charge in [-0.05, 0) is 77.8 Å². The Labute approximate surface area is 207 Å². The zero-order chi connectivity index (χ0) is 25.4. The number of carbonyl (C=O) groups is 3. The number of esters is 1. The number of hydrogen-bond donors (Lipinski definition) is 0. The summed E-state index contributed by atoms with van der Waals surface area (Å²) in [5.41, 5.74) is 2.55. The van der Waals surface area contributed by atoms with Crippen LogP contribution in [0.2, 0.25) is 5.02 Å². The lowest BCUT2D eigenvalue weighted by Gasteiger charge is -2.29. The molecule has 0 saturated heterocycles. The number of halogens is 1. The van der Waals surface area contributed by atoms with Crippen LogP contribution >= 0.6 is 11.6 Å². The van der Waals surface area contributed by atoms with Gasteiger partial charge >= 0.3 is 5.97 Å². The number of amides is 1. The molecule has 0 spiro atoms. The third-order valence-electron chi connectivity index (χ3n) is 5.89. The summed E-state index contributed by atoms with van der Waals surface area (Å²) >= 11 is 5.99. The van der Waals surface area contributed by atoms with E-state index >= 15 is 0 Å². The smallest absolute Gasteiger partial charge is 0.355 e. The summed E-state index contributed by atoms with van der Waals surface area (Å²) in [7, 11) is 0. The number of ketones is 1. The Bertz CT molecular complexity index is 1010. The largest absolute Gasteiger partial charge is 0.461 e. The van der Waals surface area contributed by atoms with E-state index in [0.29, 0.717) is 65.8 Å². The van der Waals surface area contributed by atoms with Crippen molar-refractivity contribution in [3.05, 3.63) is 57.4 Å². The zero-order valence-corrected chi connectivity index (χ0v) is 21.7. The van der Waals surface area contributed by atoms with Gasteiger partial charge < -0.3 is 18.9 Å². The molecule has 0 aliphatic carbocycles. The molecular weight excluding hydrogens is 456 g/mol. The molecule has 8 heteroatoms. The van der Waals surface area contributed by atoms with E-state index in [4.69, 9.17) is 21.1 Å². The summed E-state index contributed by atoms with van der Waals surface area (Å²) in [6.07, 6.45) is 0.590. The molecule has 0 saturated carbocycles. The van der Waals surface area contributed by atoms with Crippen molar-refractivity contribution in [1.29, 1.82) is 0 Å². The fraction of sp³-hybridized carbons (Fsp3) is 0.500. The Kier molecular flexibility index (Phi) is 10.3. The molecule has 0 radical (unpaired) electrons. The highest BCUT2D eigenvalue weighted by molar-refractivity contribution is 6.30. The van der Waals surface area contributed by atoms with Crippen molar-refractivity contribution in [1.82, 2.24) is 9.47 Å². The maximum absolute atomic E-state index is 13.8. The van der Waals surface area contributed by atoms with Crippen LogP contribution in [-0.4, -0.2) is 59.5 Å². The lowest BCUT2D eigenvalue weighted by Crippen LogP contribution is -2.44. The highest BCUT2D eigenvalue weighted by atomic mass is 35.5. The molecule has 0 aliphatic heterocycles. The maximum atomic E-state index is 13.8. The fourth-order valence-corrected chi connectivity index (χ4v) is 4.30. The Morgan fingerprint density at radius 1 is 1.06 bits per heavy atom. The van der Waals surface area contributed by atoms with Gasteiger partial charge in [0.05, 0.1) is 12.6 Å². The van der Waals surface area contributed by atoms with Crippen molar-refractivity contribution in [3.63, 3.8) is 0 Å². The van der Waals surface area contributed by atoms with Gasteiger partial charge in [0.15, 0.2) is 5.78 Å². The van der Waals surface area contributed by atoms with Crippen LogP contribution in [0.4, 0.5) is 0 Å². The lowest BCUT2D eigenvalue weighted by molar-refractivity contribution is 0.0512. The van der Waals surface area contributed by atoms with Crippen LogP contribution in [0, 0.1) is 13.8 Å². The second-order valence-electron chi connectivity index (χ2n) is 7.99. The Balaban J connectivity index is 2.44. The Morgan fingerprint density at radius 3 is 2.26 bits per heavy atom. The molecule has 0 fully saturated rings. The number of rotatable bonds is 12. The second kappa shape index (κ2) is 12.7. The van der Waals surface area contributed by atoms with E-state index < -0.39 is 12.0 Å². The van der Waals surface area contributed by atoms with Crippen LogP contribution in [-0.2, 0) is 16.0 Å². The normalized spacial score (nSPS) is 11.9. The quantitative estimate of drug-likeness (QED) is 0.235. The molecule has 1 heterocycles. The monoisotopic (exact) mass is 490 g/mol. The second-order valence-corrected chi connectivity index (χ2v) is 8.43. The summed E-state index contributed by atoms with van der Waals surface area (Å²) in [5.74, 6) is -0.932. The molecular formula is C26H35ClN2O5.